The zero-order valence-electron chi connectivity index (χ0n) is 11.0. The lowest BCUT2D eigenvalue weighted by molar-refractivity contribution is -0.122. The highest BCUT2D eigenvalue weighted by molar-refractivity contribution is 7.89. The minimum absolute atomic E-state index is 0.0725. The maximum absolute atomic E-state index is 11.6. The minimum Gasteiger partial charge on any atom is -0.355 e. The highest BCUT2D eigenvalue weighted by Gasteiger charge is 2.22. The summed E-state index contributed by atoms with van der Waals surface area (Å²) in [4.78, 5) is 11.6. The van der Waals surface area contributed by atoms with Crippen LogP contribution in [-0.4, -0.2) is 26.6 Å². The standard InChI is InChI=1S/C12H24N2O3S/c1-10(11-5-3-2-4-6-11)9-12(15)14-7-8-18(13,16)17/h10-11H,2-9H2,1H3,(H,14,15)(H2,13,16,17)/t10-/m0/s1. The van der Waals surface area contributed by atoms with Crippen LogP contribution in [0.3, 0.4) is 0 Å². The summed E-state index contributed by atoms with van der Waals surface area (Å²) in [5, 5.41) is 7.47. The molecule has 1 aliphatic rings. The summed E-state index contributed by atoms with van der Waals surface area (Å²) in [5.41, 5.74) is 0. The molecular weight excluding hydrogens is 252 g/mol. The van der Waals surface area contributed by atoms with E-state index >= 15 is 0 Å². The summed E-state index contributed by atoms with van der Waals surface area (Å²) >= 11 is 0. The Bertz CT molecular complexity index is 362. The molecule has 1 aliphatic carbocycles. The number of carbonyl (C=O) groups excluding carboxylic acids is 1. The van der Waals surface area contributed by atoms with Gasteiger partial charge in [-0.3, -0.25) is 4.79 Å². The molecule has 0 aromatic carbocycles. The number of amides is 1. The predicted octanol–water partition coefficient (Wildman–Crippen LogP) is 0.998. The summed E-state index contributed by atoms with van der Waals surface area (Å²) in [6.45, 7) is 2.21. The Morgan fingerprint density at radius 1 is 1.33 bits per heavy atom. The number of rotatable bonds is 6. The number of hydrogen-bond donors (Lipinski definition) is 2. The van der Waals surface area contributed by atoms with Crippen molar-refractivity contribution in [2.24, 2.45) is 17.0 Å². The van der Waals surface area contributed by atoms with Crippen molar-refractivity contribution in [3.8, 4) is 0 Å². The SMILES string of the molecule is C[C@@H](CC(=O)NCCS(N)(=O)=O)C1CCCCC1. The van der Waals surface area contributed by atoms with Gasteiger partial charge in [-0.1, -0.05) is 39.0 Å². The van der Waals surface area contributed by atoms with Gasteiger partial charge in [0.1, 0.15) is 0 Å². The summed E-state index contributed by atoms with van der Waals surface area (Å²) in [6, 6.07) is 0. The van der Waals surface area contributed by atoms with Gasteiger partial charge in [-0.25, -0.2) is 13.6 Å². The van der Waals surface area contributed by atoms with Gasteiger partial charge in [-0.15, -0.1) is 0 Å². The van der Waals surface area contributed by atoms with E-state index in [9.17, 15) is 13.2 Å². The molecule has 5 nitrogen and oxygen atoms in total. The quantitative estimate of drug-likeness (QED) is 0.758. The lowest BCUT2D eigenvalue weighted by atomic mass is 9.79. The zero-order valence-corrected chi connectivity index (χ0v) is 11.8. The molecule has 1 amide bonds. The van der Waals surface area contributed by atoms with E-state index in [1.165, 1.54) is 32.1 Å². The van der Waals surface area contributed by atoms with Crippen molar-refractivity contribution in [2.45, 2.75) is 45.4 Å². The molecule has 0 aromatic rings. The molecule has 106 valence electrons. The van der Waals surface area contributed by atoms with E-state index in [0.717, 1.165) is 0 Å². The summed E-state index contributed by atoms with van der Waals surface area (Å²) < 4.78 is 21.4. The molecule has 1 rings (SSSR count). The Hall–Kier alpha value is -0.620. The van der Waals surface area contributed by atoms with Gasteiger partial charge in [0.2, 0.25) is 15.9 Å². The molecular formula is C12H24N2O3S. The van der Waals surface area contributed by atoms with Crippen LogP contribution in [-0.2, 0) is 14.8 Å². The van der Waals surface area contributed by atoms with E-state index in [0.29, 0.717) is 18.3 Å². The molecule has 0 saturated heterocycles. The van der Waals surface area contributed by atoms with E-state index in [1.807, 2.05) is 0 Å². The van der Waals surface area contributed by atoms with Gasteiger partial charge in [-0.2, -0.15) is 0 Å². The molecule has 18 heavy (non-hydrogen) atoms. The number of nitrogens with two attached hydrogens (primary N) is 1. The van der Waals surface area contributed by atoms with Crippen molar-refractivity contribution in [1.29, 1.82) is 0 Å². The van der Waals surface area contributed by atoms with Gasteiger partial charge in [0.15, 0.2) is 0 Å². The molecule has 1 fully saturated rings. The van der Waals surface area contributed by atoms with Gasteiger partial charge in [-0.05, 0) is 11.8 Å². The van der Waals surface area contributed by atoms with Crippen LogP contribution in [0.5, 0.6) is 0 Å². The Morgan fingerprint density at radius 3 is 2.50 bits per heavy atom. The van der Waals surface area contributed by atoms with Crippen LogP contribution in [0, 0.1) is 11.8 Å². The molecule has 0 aromatic heterocycles. The van der Waals surface area contributed by atoms with Crippen molar-refractivity contribution < 1.29 is 13.2 Å². The van der Waals surface area contributed by atoms with Crippen LogP contribution in [0.15, 0.2) is 0 Å². The van der Waals surface area contributed by atoms with Gasteiger partial charge >= 0.3 is 0 Å². The Kier molecular flexibility index (Phi) is 6.08. The molecule has 0 spiro atoms. The lowest BCUT2D eigenvalue weighted by Crippen LogP contribution is -2.33. The third-order valence-corrected chi connectivity index (χ3v) is 4.44. The molecule has 1 saturated carbocycles. The van der Waals surface area contributed by atoms with E-state index in [1.54, 1.807) is 0 Å². The average Bonchev–Trinajstić information content (AvgIpc) is 2.28. The monoisotopic (exact) mass is 276 g/mol. The summed E-state index contributed by atoms with van der Waals surface area (Å²) in [6.07, 6.45) is 6.75. The van der Waals surface area contributed by atoms with E-state index in [-0.39, 0.29) is 18.2 Å². The maximum atomic E-state index is 11.6. The molecule has 0 bridgehead atoms. The molecule has 1 atom stereocenters. The predicted molar refractivity (Wildman–Crippen MR) is 71.3 cm³/mol. The van der Waals surface area contributed by atoms with Crippen LogP contribution in [0.2, 0.25) is 0 Å². The van der Waals surface area contributed by atoms with E-state index < -0.39 is 10.0 Å². The second kappa shape index (κ2) is 7.09. The molecule has 3 N–H and O–H groups in total. The molecule has 0 unspecified atom stereocenters. The third kappa shape index (κ3) is 6.35. The Labute approximate surface area is 110 Å². The lowest BCUT2D eigenvalue weighted by Gasteiger charge is -2.27. The third-order valence-electron chi connectivity index (χ3n) is 3.67. The first-order valence-corrected chi connectivity index (χ1v) is 8.37. The van der Waals surface area contributed by atoms with Crippen molar-refractivity contribution in [2.75, 3.05) is 12.3 Å². The minimum atomic E-state index is -3.48. The maximum Gasteiger partial charge on any atom is 0.220 e. The number of nitrogens with one attached hydrogen (secondary N) is 1. The number of carbonyl (C=O) groups is 1. The van der Waals surface area contributed by atoms with Gasteiger partial charge in [0.05, 0.1) is 5.75 Å². The van der Waals surface area contributed by atoms with Gasteiger partial charge in [0.25, 0.3) is 0 Å². The molecule has 0 aliphatic heterocycles. The van der Waals surface area contributed by atoms with Crippen molar-refractivity contribution in [3.05, 3.63) is 0 Å². The smallest absolute Gasteiger partial charge is 0.220 e. The first-order valence-electron chi connectivity index (χ1n) is 6.65. The fourth-order valence-corrected chi connectivity index (χ4v) is 2.95. The average molecular weight is 276 g/mol. The molecule has 0 radical (unpaired) electrons. The van der Waals surface area contributed by atoms with Crippen molar-refractivity contribution in [1.82, 2.24) is 5.32 Å². The topological polar surface area (TPSA) is 89.3 Å². The first-order chi connectivity index (χ1) is 8.38. The van der Waals surface area contributed by atoms with Crippen LogP contribution < -0.4 is 10.5 Å². The zero-order chi connectivity index (χ0) is 13.6. The van der Waals surface area contributed by atoms with Crippen LogP contribution >= 0.6 is 0 Å². The summed E-state index contributed by atoms with van der Waals surface area (Å²) in [5.74, 6) is 0.746. The molecule has 6 heteroatoms. The highest BCUT2D eigenvalue weighted by atomic mass is 32.2. The van der Waals surface area contributed by atoms with Gasteiger partial charge < -0.3 is 5.32 Å². The van der Waals surface area contributed by atoms with Crippen LogP contribution in [0.1, 0.15) is 45.4 Å². The fourth-order valence-electron chi connectivity index (χ4n) is 2.57. The highest BCUT2D eigenvalue weighted by Crippen LogP contribution is 2.31. The fraction of sp³-hybridized carbons (Fsp3) is 0.917. The second-order valence-corrected chi connectivity index (χ2v) is 7.03. The van der Waals surface area contributed by atoms with E-state index in [2.05, 4.69) is 12.2 Å². The normalized spacial score (nSPS) is 19.4. The number of primary sulfonamides is 1. The summed E-state index contributed by atoms with van der Waals surface area (Å²) in [7, 11) is -3.48. The van der Waals surface area contributed by atoms with Crippen LogP contribution in [0.25, 0.3) is 0 Å². The number of hydrogen-bond acceptors (Lipinski definition) is 3. The van der Waals surface area contributed by atoms with Crippen LogP contribution in [0.4, 0.5) is 0 Å². The largest absolute Gasteiger partial charge is 0.355 e. The van der Waals surface area contributed by atoms with E-state index in [4.69, 9.17) is 5.14 Å². The van der Waals surface area contributed by atoms with Crippen molar-refractivity contribution in [3.63, 3.8) is 0 Å². The number of sulfonamides is 1. The first kappa shape index (κ1) is 15.4. The second-order valence-electron chi connectivity index (χ2n) is 5.30. The molecule has 0 heterocycles. The van der Waals surface area contributed by atoms with Crippen molar-refractivity contribution >= 4 is 15.9 Å². The Morgan fingerprint density at radius 2 is 1.94 bits per heavy atom. The Balaban J connectivity index is 2.22. The van der Waals surface area contributed by atoms with Gasteiger partial charge in [0, 0.05) is 13.0 Å².